The van der Waals surface area contributed by atoms with Crippen LogP contribution in [0.5, 0.6) is 0 Å². The molecule has 3 aromatic rings. The van der Waals surface area contributed by atoms with Gasteiger partial charge in [-0.05, 0) is 48.4 Å². The van der Waals surface area contributed by atoms with Crippen molar-refractivity contribution in [1.29, 1.82) is 0 Å². The first kappa shape index (κ1) is 22.5. The topological polar surface area (TPSA) is 38.1 Å². The van der Waals surface area contributed by atoms with Crippen LogP contribution >= 0.6 is 34.8 Å². The Balaban J connectivity index is 1.85. The van der Waals surface area contributed by atoms with E-state index in [9.17, 15) is 18.0 Å². The summed E-state index contributed by atoms with van der Waals surface area (Å²) in [6.07, 6.45) is -3.37. The number of alkyl halides is 3. The highest BCUT2D eigenvalue weighted by atomic mass is 35.5. The van der Waals surface area contributed by atoms with E-state index in [4.69, 9.17) is 34.8 Å². The first-order valence-electron chi connectivity index (χ1n) is 8.68. The van der Waals surface area contributed by atoms with E-state index in [1.807, 2.05) is 0 Å². The molecule has 0 bridgehead atoms. The number of halogens is 6. The van der Waals surface area contributed by atoms with E-state index in [1.54, 1.807) is 18.2 Å². The van der Waals surface area contributed by atoms with Crippen molar-refractivity contribution in [3.05, 3.63) is 80.6 Å². The van der Waals surface area contributed by atoms with Crippen molar-refractivity contribution in [2.75, 3.05) is 13.6 Å². The highest BCUT2D eigenvalue weighted by Crippen LogP contribution is 2.32. The third-order valence-electron chi connectivity index (χ3n) is 4.38. The van der Waals surface area contributed by atoms with Gasteiger partial charge in [-0.3, -0.25) is 4.79 Å². The first-order chi connectivity index (χ1) is 14.1. The van der Waals surface area contributed by atoms with E-state index < -0.39 is 23.3 Å². The van der Waals surface area contributed by atoms with Crippen LogP contribution in [0.2, 0.25) is 15.1 Å². The van der Waals surface area contributed by atoms with Crippen molar-refractivity contribution in [2.45, 2.75) is 12.6 Å². The summed E-state index contributed by atoms with van der Waals surface area (Å²) < 4.78 is 41.5. The van der Waals surface area contributed by atoms with Gasteiger partial charge in [-0.2, -0.15) is 18.3 Å². The third-order valence-corrected chi connectivity index (χ3v) is 5.22. The molecule has 0 N–H and O–H groups in total. The van der Waals surface area contributed by atoms with Gasteiger partial charge in [0.05, 0.1) is 11.3 Å². The predicted molar refractivity (Wildman–Crippen MR) is 111 cm³/mol. The van der Waals surface area contributed by atoms with Gasteiger partial charge in [0.15, 0.2) is 5.69 Å². The van der Waals surface area contributed by atoms with Gasteiger partial charge < -0.3 is 4.90 Å². The molecule has 1 heterocycles. The minimum atomic E-state index is -4.79. The van der Waals surface area contributed by atoms with E-state index in [1.165, 1.54) is 36.2 Å². The highest BCUT2D eigenvalue weighted by molar-refractivity contribution is 6.35. The molecule has 0 radical (unpaired) electrons. The molecule has 10 heteroatoms. The minimum absolute atomic E-state index is 0.156. The molecule has 0 aliphatic carbocycles. The minimum Gasteiger partial charge on any atom is -0.341 e. The van der Waals surface area contributed by atoms with Crippen LogP contribution in [-0.2, 0) is 12.6 Å². The van der Waals surface area contributed by atoms with Crippen molar-refractivity contribution < 1.29 is 18.0 Å². The Labute approximate surface area is 185 Å². The van der Waals surface area contributed by atoms with Crippen molar-refractivity contribution >= 4 is 40.7 Å². The zero-order chi connectivity index (χ0) is 22.1. The lowest BCUT2D eigenvalue weighted by atomic mass is 10.1. The Kier molecular flexibility index (Phi) is 6.65. The van der Waals surface area contributed by atoms with Crippen LogP contribution in [-0.4, -0.2) is 34.2 Å². The zero-order valence-corrected chi connectivity index (χ0v) is 17.8. The number of benzene rings is 2. The maximum Gasteiger partial charge on any atom is 0.435 e. The van der Waals surface area contributed by atoms with Gasteiger partial charge in [0.2, 0.25) is 0 Å². The highest BCUT2D eigenvalue weighted by Gasteiger charge is 2.40. The Morgan fingerprint density at radius 3 is 2.30 bits per heavy atom. The fraction of sp³-hybridized carbons (Fsp3) is 0.200. The average molecular weight is 477 g/mol. The van der Waals surface area contributed by atoms with Crippen LogP contribution in [0.1, 0.15) is 21.6 Å². The number of carbonyl (C=O) groups excluding carboxylic acids is 1. The summed E-state index contributed by atoms with van der Waals surface area (Å²) in [7, 11) is 1.42. The summed E-state index contributed by atoms with van der Waals surface area (Å²) in [4.78, 5) is 14.0. The lowest BCUT2D eigenvalue weighted by molar-refractivity contribution is -0.141. The SMILES string of the molecule is CN(CCc1ccc(Cl)cc1Cl)C(=O)c1cn(-c2ccc(Cl)cc2)nc1C(F)(F)F. The Bertz CT molecular complexity index is 1070. The van der Waals surface area contributed by atoms with E-state index in [0.717, 1.165) is 16.4 Å². The molecule has 0 aliphatic heterocycles. The quantitative estimate of drug-likeness (QED) is 0.442. The lowest BCUT2D eigenvalue weighted by Gasteiger charge is -2.18. The maximum absolute atomic E-state index is 13.5. The standard InChI is InChI=1S/C20H15Cl3F3N3O/c1-28(9-8-12-2-3-14(22)10-17(12)23)19(30)16-11-29(27-18(16)20(24,25)26)15-6-4-13(21)5-7-15/h2-7,10-11H,8-9H2,1H3. The van der Waals surface area contributed by atoms with Gasteiger partial charge in [0.1, 0.15) is 0 Å². The number of amides is 1. The normalized spacial score (nSPS) is 11.6. The monoisotopic (exact) mass is 475 g/mol. The molecule has 0 aliphatic rings. The number of hydrogen-bond acceptors (Lipinski definition) is 2. The Morgan fingerprint density at radius 2 is 1.70 bits per heavy atom. The number of nitrogens with zero attached hydrogens (tertiary/aromatic N) is 3. The Morgan fingerprint density at radius 1 is 1.07 bits per heavy atom. The van der Waals surface area contributed by atoms with E-state index >= 15 is 0 Å². The van der Waals surface area contributed by atoms with Gasteiger partial charge in [0.25, 0.3) is 5.91 Å². The van der Waals surface area contributed by atoms with Crippen molar-refractivity contribution in [1.82, 2.24) is 14.7 Å². The molecule has 30 heavy (non-hydrogen) atoms. The van der Waals surface area contributed by atoms with E-state index in [-0.39, 0.29) is 6.54 Å². The summed E-state index contributed by atoms with van der Waals surface area (Å²) in [6.45, 7) is 0.156. The van der Waals surface area contributed by atoms with E-state index in [0.29, 0.717) is 27.2 Å². The second kappa shape index (κ2) is 8.88. The van der Waals surface area contributed by atoms with Gasteiger partial charge in [-0.1, -0.05) is 40.9 Å². The molecule has 0 saturated heterocycles. The lowest BCUT2D eigenvalue weighted by Crippen LogP contribution is -2.30. The van der Waals surface area contributed by atoms with Crippen LogP contribution < -0.4 is 0 Å². The number of hydrogen-bond donors (Lipinski definition) is 0. The molecular formula is C20H15Cl3F3N3O. The first-order valence-corrected chi connectivity index (χ1v) is 9.82. The van der Waals surface area contributed by atoms with Crippen LogP contribution in [0.25, 0.3) is 5.69 Å². The predicted octanol–water partition coefficient (Wildman–Crippen LogP) is 6.17. The third kappa shape index (κ3) is 5.09. The fourth-order valence-corrected chi connectivity index (χ4v) is 3.41. The molecule has 0 atom stereocenters. The van der Waals surface area contributed by atoms with Gasteiger partial charge >= 0.3 is 6.18 Å². The zero-order valence-electron chi connectivity index (χ0n) is 15.6. The van der Waals surface area contributed by atoms with E-state index in [2.05, 4.69) is 5.10 Å². The molecule has 0 unspecified atom stereocenters. The summed E-state index contributed by atoms with van der Waals surface area (Å²) in [5.41, 5.74) is -0.714. The van der Waals surface area contributed by atoms with Gasteiger partial charge in [-0.25, -0.2) is 4.68 Å². The summed E-state index contributed by atoms with van der Waals surface area (Å²) in [5, 5.41) is 4.92. The molecule has 0 spiro atoms. The number of carbonyl (C=O) groups is 1. The molecule has 158 valence electrons. The van der Waals surface area contributed by atoms with Crippen molar-refractivity contribution in [2.24, 2.45) is 0 Å². The average Bonchev–Trinajstić information content (AvgIpc) is 3.13. The van der Waals surface area contributed by atoms with Crippen LogP contribution in [0.15, 0.2) is 48.7 Å². The molecular weight excluding hydrogens is 462 g/mol. The molecule has 4 nitrogen and oxygen atoms in total. The second-order valence-corrected chi connectivity index (χ2v) is 7.80. The molecule has 0 fully saturated rings. The van der Waals surface area contributed by atoms with Gasteiger partial charge in [0, 0.05) is 34.9 Å². The fourth-order valence-electron chi connectivity index (χ4n) is 2.79. The molecule has 1 aromatic heterocycles. The smallest absolute Gasteiger partial charge is 0.341 e. The van der Waals surface area contributed by atoms with Crippen molar-refractivity contribution in [3.8, 4) is 5.69 Å². The number of likely N-dealkylation sites (N-methyl/N-ethyl adjacent to an activating group) is 1. The van der Waals surface area contributed by atoms with Crippen molar-refractivity contribution in [3.63, 3.8) is 0 Å². The Hall–Kier alpha value is -2.22. The van der Waals surface area contributed by atoms with Crippen LogP contribution in [0.4, 0.5) is 13.2 Å². The van der Waals surface area contributed by atoms with Crippen LogP contribution in [0, 0.1) is 0 Å². The van der Waals surface area contributed by atoms with Crippen LogP contribution in [0.3, 0.4) is 0 Å². The summed E-state index contributed by atoms with van der Waals surface area (Å²) in [5.74, 6) is -0.798. The largest absolute Gasteiger partial charge is 0.435 e. The summed E-state index contributed by atoms with van der Waals surface area (Å²) >= 11 is 17.8. The maximum atomic E-state index is 13.5. The number of aromatic nitrogens is 2. The molecule has 3 rings (SSSR count). The second-order valence-electron chi connectivity index (χ2n) is 6.52. The molecule has 0 saturated carbocycles. The summed E-state index contributed by atoms with van der Waals surface area (Å²) in [6, 6.07) is 11.0. The number of rotatable bonds is 5. The molecule has 1 amide bonds. The van der Waals surface area contributed by atoms with Gasteiger partial charge in [-0.15, -0.1) is 0 Å². The molecule has 2 aromatic carbocycles.